The molecule has 0 aliphatic heterocycles. The average molecular weight is 240 g/mol. The third-order valence-corrected chi connectivity index (χ3v) is 2.29. The van der Waals surface area contributed by atoms with Gasteiger partial charge in [-0.25, -0.2) is 14.4 Å². The number of hydrogen-bond acceptors (Lipinski definition) is 4. The predicted octanol–water partition coefficient (Wildman–Crippen LogP) is 1.11. The summed E-state index contributed by atoms with van der Waals surface area (Å²) in [6.07, 6.45) is 1.77. The minimum atomic E-state index is -0.538. The van der Waals surface area contributed by atoms with E-state index in [1.54, 1.807) is 6.92 Å². The molecule has 1 rings (SSSR count). The number of rotatable bonds is 5. The lowest BCUT2D eigenvalue weighted by atomic mass is 10.2. The molecule has 5 nitrogen and oxygen atoms in total. The Morgan fingerprint density at radius 1 is 1.47 bits per heavy atom. The predicted molar refractivity (Wildman–Crippen MR) is 63.1 cm³/mol. The molecule has 1 atom stereocenters. The van der Waals surface area contributed by atoms with Crippen molar-refractivity contribution in [1.82, 2.24) is 15.3 Å². The number of carbonyl (C=O) groups is 1. The zero-order chi connectivity index (χ0) is 12.8. The molecule has 1 aromatic rings. The van der Waals surface area contributed by atoms with E-state index in [1.165, 1.54) is 6.33 Å². The van der Waals surface area contributed by atoms with Gasteiger partial charge in [0.1, 0.15) is 12.4 Å². The Bertz CT molecular complexity index is 397. The molecule has 17 heavy (non-hydrogen) atoms. The molecule has 0 aromatic carbocycles. The summed E-state index contributed by atoms with van der Waals surface area (Å²) in [6.45, 7) is 5.82. The molecule has 1 amide bonds. The lowest BCUT2D eigenvalue weighted by Gasteiger charge is -2.14. The second-order valence-corrected chi connectivity index (χ2v) is 3.60. The van der Waals surface area contributed by atoms with Crippen LogP contribution in [0.25, 0.3) is 0 Å². The summed E-state index contributed by atoms with van der Waals surface area (Å²) in [4.78, 5) is 19.1. The third kappa shape index (κ3) is 3.37. The molecular weight excluding hydrogens is 223 g/mol. The van der Waals surface area contributed by atoms with E-state index in [9.17, 15) is 9.18 Å². The van der Waals surface area contributed by atoms with Crippen LogP contribution in [-0.4, -0.2) is 28.5 Å². The molecule has 0 saturated heterocycles. The summed E-state index contributed by atoms with van der Waals surface area (Å²) in [6, 6.07) is -0.538. The van der Waals surface area contributed by atoms with E-state index in [4.69, 9.17) is 0 Å². The second-order valence-electron chi connectivity index (χ2n) is 3.60. The van der Waals surface area contributed by atoms with E-state index < -0.39 is 11.9 Å². The van der Waals surface area contributed by atoms with Gasteiger partial charge in [0.15, 0.2) is 11.6 Å². The van der Waals surface area contributed by atoms with Crippen LogP contribution in [0.3, 0.4) is 0 Å². The molecule has 1 aromatic heterocycles. The average Bonchev–Trinajstić information content (AvgIpc) is 2.32. The Morgan fingerprint density at radius 3 is 2.76 bits per heavy atom. The molecular formula is C11H17FN4O. The van der Waals surface area contributed by atoms with E-state index >= 15 is 0 Å². The molecule has 94 valence electrons. The van der Waals surface area contributed by atoms with Gasteiger partial charge < -0.3 is 10.6 Å². The normalized spacial score (nSPS) is 12.0. The van der Waals surface area contributed by atoms with Gasteiger partial charge >= 0.3 is 0 Å². The van der Waals surface area contributed by atoms with Crippen LogP contribution in [0.4, 0.5) is 10.2 Å². The van der Waals surface area contributed by atoms with Gasteiger partial charge in [-0.1, -0.05) is 6.92 Å². The molecule has 0 bridgehead atoms. The first-order valence-electron chi connectivity index (χ1n) is 5.63. The Morgan fingerprint density at radius 2 is 2.18 bits per heavy atom. The summed E-state index contributed by atoms with van der Waals surface area (Å²) >= 11 is 0. The van der Waals surface area contributed by atoms with Crippen LogP contribution in [0.2, 0.25) is 0 Å². The fourth-order valence-electron chi connectivity index (χ4n) is 1.35. The smallest absolute Gasteiger partial charge is 0.242 e. The summed E-state index contributed by atoms with van der Waals surface area (Å²) in [5.74, 6) is -0.620. The highest BCUT2D eigenvalue weighted by atomic mass is 19.1. The van der Waals surface area contributed by atoms with Crippen LogP contribution in [0.5, 0.6) is 0 Å². The van der Waals surface area contributed by atoms with Crippen molar-refractivity contribution in [2.75, 3.05) is 11.9 Å². The fraction of sp³-hybridized carbons (Fsp3) is 0.545. The fourth-order valence-corrected chi connectivity index (χ4v) is 1.35. The Hall–Kier alpha value is -1.72. The zero-order valence-corrected chi connectivity index (χ0v) is 10.2. The Balaban J connectivity index is 2.78. The third-order valence-electron chi connectivity index (χ3n) is 2.29. The van der Waals surface area contributed by atoms with E-state index in [2.05, 4.69) is 20.6 Å². The van der Waals surface area contributed by atoms with Crippen molar-refractivity contribution in [3.05, 3.63) is 17.8 Å². The minimum Gasteiger partial charge on any atom is -0.356 e. The highest BCUT2D eigenvalue weighted by molar-refractivity contribution is 5.83. The number of aromatic nitrogens is 2. The number of carbonyl (C=O) groups excluding carboxylic acids is 1. The van der Waals surface area contributed by atoms with Crippen LogP contribution in [0, 0.1) is 5.82 Å². The molecule has 1 heterocycles. The molecule has 0 aliphatic rings. The van der Waals surface area contributed by atoms with Crippen molar-refractivity contribution in [1.29, 1.82) is 0 Å². The summed E-state index contributed by atoms with van der Waals surface area (Å²) < 4.78 is 13.8. The van der Waals surface area contributed by atoms with Gasteiger partial charge in [-0.2, -0.15) is 0 Å². The molecule has 0 radical (unpaired) electrons. The Labute approximate surface area is 99.9 Å². The maximum Gasteiger partial charge on any atom is 0.242 e. The van der Waals surface area contributed by atoms with Gasteiger partial charge in [-0.15, -0.1) is 0 Å². The first-order chi connectivity index (χ1) is 8.10. The van der Waals surface area contributed by atoms with Crippen molar-refractivity contribution >= 4 is 11.7 Å². The number of halogens is 1. The maximum absolute atomic E-state index is 13.8. The first-order valence-corrected chi connectivity index (χ1v) is 5.63. The second kappa shape index (κ2) is 6.12. The number of anilines is 1. The molecule has 0 aliphatic carbocycles. The molecule has 0 fully saturated rings. The lowest BCUT2D eigenvalue weighted by Crippen LogP contribution is -2.37. The number of nitrogens with zero attached hydrogens (tertiary/aromatic N) is 2. The monoisotopic (exact) mass is 240 g/mol. The first kappa shape index (κ1) is 13.3. The topological polar surface area (TPSA) is 66.9 Å². The standard InChI is InChI=1S/C11H17FN4O/c1-4-8-9(12)10(15-6-14-8)16-7(3)11(17)13-5-2/h6-7H,4-5H2,1-3H3,(H,13,17)(H,14,15,16). The van der Waals surface area contributed by atoms with Gasteiger partial charge in [0.2, 0.25) is 5.91 Å². The lowest BCUT2D eigenvalue weighted by molar-refractivity contribution is -0.121. The maximum atomic E-state index is 13.8. The van der Waals surface area contributed by atoms with Gasteiger partial charge in [0.25, 0.3) is 0 Å². The van der Waals surface area contributed by atoms with Crippen LogP contribution in [0.1, 0.15) is 26.5 Å². The van der Waals surface area contributed by atoms with Crippen molar-refractivity contribution in [2.45, 2.75) is 33.2 Å². The number of aryl methyl sites for hydroxylation is 1. The molecule has 0 spiro atoms. The van der Waals surface area contributed by atoms with Crippen LogP contribution in [-0.2, 0) is 11.2 Å². The minimum absolute atomic E-state index is 0.0654. The van der Waals surface area contributed by atoms with Crippen LogP contribution < -0.4 is 10.6 Å². The molecule has 2 N–H and O–H groups in total. The SMILES string of the molecule is CCNC(=O)C(C)Nc1ncnc(CC)c1F. The zero-order valence-electron chi connectivity index (χ0n) is 10.2. The molecule has 0 saturated carbocycles. The van der Waals surface area contributed by atoms with E-state index in [1.807, 2.05) is 13.8 Å². The molecule has 6 heteroatoms. The van der Waals surface area contributed by atoms with Crippen LogP contribution >= 0.6 is 0 Å². The summed E-state index contributed by atoms with van der Waals surface area (Å²) in [5.41, 5.74) is 0.339. The number of hydrogen-bond donors (Lipinski definition) is 2. The van der Waals surface area contributed by atoms with Gasteiger partial charge in [0.05, 0.1) is 5.69 Å². The van der Waals surface area contributed by atoms with Gasteiger partial charge in [-0.05, 0) is 20.3 Å². The van der Waals surface area contributed by atoms with E-state index in [0.717, 1.165) is 0 Å². The van der Waals surface area contributed by atoms with E-state index in [0.29, 0.717) is 18.7 Å². The highest BCUT2D eigenvalue weighted by Gasteiger charge is 2.16. The number of amides is 1. The highest BCUT2D eigenvalue weighted by Crippen LogP contribution is 2.14. The van der Waals surface area contributed by atoms with E-state index in [-0.39, 0.29) is 11.7 Å². The van der Waals surface area contributed by atoms with Crippen molar-refractivity contribution in [2.24, 2.45) is 0 Å². The van der Waals surface area contributed by atoms with Crippen LogP contribution in [0.15, 0.2) is 6.33 Å². The van der Waals surface area contributed by atoms with Gasteiger partial charge in [0, 0.05) is 6.54 Å². The quantitative estimate of drug-likeness (QED) is 0.809. The number of nitrogens with one attached hydrogen (secondary N) is 2. The van der Waals surface area contributed by atoms with Gasteiger partial charge in [-0.3, -0.25) is 4.79 Å². The Kier molecular flexibility index (Phi) is 4.81. The number of likely N-dealkylation sites (N-methyl/N-ethyl adjacent to an activating group) is 1. The summed E-state index contributed by atoms with van der Waals surface area (Å²) in [5, 5.41) is 5.38. The largest absolute Gasteiger partial charge is 0.356 e. The van der Waals surface area contributed by atoms with Crippen molar-refractivity contribution < 1.29 is 9.18 Å². The van der Waals surface area contributed by atoms with Crippen molar-refractivity contribution in [3.63, 3.8) is 0 Å². The summed E-state index contributed by atoms with van der Waals surface area (Å²) in [7, 11) is 0. The molecule has 1 unspecified atom stereocenters. The van der Waals surface area contributed by atoms with Crippen molar-refractivity contribution in [3.8, 4) is 0 Å².